The van der Waals surface area contributed by atoms with E-state index in [4.69, 9.17) is 27.9 Å². The second-order valence-corrected chi connectivity index (χ2v) is 10.7. The first-order chi connectivity index (χ1) is 17.6. The summed E-state index contributed by atoms with van der Waals surface area (Å²) in [5.41, 5.74) is 1.76. The van der Waals surface area contributed by atoms with Gasteiger partial charge in [-0.1, -0.05) is 50.4 Å². The Morgan fingerprint density at radius 2 is 1.78 bits per heavy atom. The number of benzene rings is 2. The van der Waals surface area contributed by atoms with E-state index in [1.807, 2.05) is 25.1 Å². The van der Waals surface area contributed by atoms with Crippen molar-refractivity contribution < 1.29 is 19.1 Å². The largest absolute Gasteiger partial charge is 0.466 e. The second kappa shape index (κ2) is 11.3. The number of rotatable bonds is 7. The van der Waals surface area contributed by atoms with Gasteiger partial charge in [0.15, 0.2) is 0 Å². The minimum absolute atomic E-state index is 0.129. The number of carbonyl (C=O) groups is 3. The number of nitrogens with zero attached hydrogens (tertiary/aromatic N) is 4. The van der Waals surface area contributed by atoms with Crippen molar-refractivity contribution in [2.24, 2.45) is 5.41 Å². The minimum atomic E-state index is -0.887. The fraction of sp³-hybridized carbons (Fsp3) is 0.346. The van der Waals surface area contributed by atoms with Crippen molar-refractivity contribution in [3.63, 3.8) is 0 Å². The van der Waals surface area contributed by atoms with Crippen molar-refractivity contribution in [2.45, 2.75) is 33.1 Å². The molecule has 8 nitrogen and oxygen atoms in total. The lowest BCUT2D eigenvalue weighted by molar-refractivity contribution is -0.159. The van der Waals surface area contributed by atoms with Crippen molar-refractivity contribution in [2.75, 3.05) is 19.7 Å². The molecule has 37 heavy (non-hydrogen) atoms. The molecule has 1 aromatic heterocycles. The Labute approximate surface area is 233 Å². The molecule has 4 rings (SSSR count). The van der Waals surface area contributed by atoms with Gasteiger partial charge in [-0.25, -0.2) is 4.68 Å². The van der Waals surface area contributed by atoms with Crippen LogP contribution in [-0.2, 0) is 20.7 Å². The molecule has 1 aliphatic rings. The fourth-order valence-electron chi connectivity index (χ4n) is 4.52. The Hall–Kier alpha value is -2.75. The summed E-state index contributed by atoms with van der Waals surface area (Å²) < 4.78 is 8.06. The van der Waals surface area contributed by atoms with Crippen molar-refractivity contribution in [1.82, 2.24) is 19.9 Å². The molecule has 0 N–H and O–H groups in total. The highest BCUT2D eigenvalue weighted by Crippen LogP contribution is 2.37. The van der Waals surface area contributed by atoms with Crippen molar-refractivity contribution in [1.29, 1.82) is 0 Å². The Kier molecular flexibility index (Phi) is 8.36. The Morgan fingerprint density at radius 1 is 1.11 bits per heavy atom. The minimum Gasteiger partial charge on any atom is -0.466 e. The average Bonchev–Trinajstić information content (AvgIpc) is 3.32. The lowest BCUT2D eigenvalue weighted by Crippen LogP contribution is -2.49. The van der Waals surface area contributed by atoms with Crippen LogP contribution in [0.5, 0.6) is 0 Å². The molecule has 1 aliphatic heterocycles. The van der Waals surface area contributed by atoms with Gasteiger partial charge in [-0.05, 0) is 62.6 Å². The third kappa shape index (κ3) is 5.89. The predicted octanol–water partition coefficient (Wildman–Crippen LogP) is 5.24. The molecule has 0 spiro atoms. The lowest BCUT2D eigenvalue weighted by atomic mass is 9.74. The van der Waals surface area contributed by atoms with Crippen LogP contribution in [0.4, 0.5) is 0 Å². The molecule has 0 bridgehead atoms. The number of hydrogen-bond acceptors (Lipinski definition) is 6. The molecule has 1 fully saturated rings. The normalized spacial score (nSPS) is 14.9. The molecule has 11 heteroatoms. The van der Waals surface area contributed by atoms with Gasteiger partial charge in [0.05, 0.1) is 29.6 Å². The Bertz CT molecular complexity index is 1330. The van der Waals surface area contributed by atoms with Gasteiger partial charge in [0, 0.05) is 39.6 Å². The molecular weight excluding hydrogens is 583 g/mol. The molecule has 0 saturated carbocycles. The molecule has 0 radical (unpaired) electrons. The van der Waals surface area contributed by atoms with Crippen LogP contribution in [-0.4, -0.2) is 57.2 Å². The van der Waals surface area contributed by atoms with Gasteiger partial charge in [-0.2, -0.15) is 0 Å². The SMILES string of the molecule is CCOC(=O)C1(Cc2cn(-c3cccc(Br)c3C)nn2)CCN(C(=O)C(=O)c2cc(Cl)cc(Cl)c2)CC1. The number of carbonyl (C=O) groups excluding carboxylic acids is 3. The highest BCUT2D eigenvalue weighted by Gasteiger charge is 2.45. The van der Waals surface area contributed by atoms with Crippen molar-refractivity contribution in [3.05, 3.63) is 73.9 Å². The Morgan fingerprint density at radius 3 is 2.43 bits per heavy atom. The van der Waals surface area contributed by atoms with Crippen molar-refractivity contribution in [3.8, 4) is 5.69 Å². The highest BCUT2D eigenvalue weighted by atomic mass is 79.9. The molecule has 2 heterocycles. The summed E-state index contributed by atoms with van der Waals surface area (Å²) in [5.74, 6) is -1.70. The first-order valence-corrected chi connectivity index (χ1v) is 13.3. The van der Waals surface area contributed by atoms with Crippen LogP contribution >= 0.6 is 39.1 Å². The van der Waals surface area contributed by atoms with Crippen LogP contribution in [0.25, 0.3) is 5.69 Å². The van der Waals surface area contributed by atoms with Gasteiger partial charge in [-0.3, -0.25) is 14.4 Å². The summed E-state index contributed by atoms with van der Waals surface area (Å²) in [5, 5.41) is 9.13. The maximum absolute atomic E-state index is 13.1. The van der Waals surface area contributed by atoms with E-state index >= 15 is 0 Å². The zero-order valence-corrected chi connectivity index (χ0v) is 23.4. The maximum atomic E-state index is 13.1. The summed E-state index contributed by atoms with van der Waals surface area (Å²) in [4.78, 5) is 40.3. The van der Waals surface area contributed by atoms with Gasteiger partial charge in [0.1, 0.15) is 0 Å². The third-order valence-corrected chi connectivity index (χ3v) is 7.88. The molecule has 3 aromatic rings. The summed E-state index contributed by atoms with van der Waals surface area (Å²) in [6.45, 7) is 4.41. The molecule has 1 amide bonds. The maximum Gasteiger partial charge on any atom is 0.312 e. The summed E-state index contributed by atoms with van der Waals surface area (Å²) in [6.07, 6.45) is 2.76. The number of likely N-dealkylation sites (tertiary alicyclic amines) is 1. The smallest absolute Gasteiger partial charge is 0.312 e. The van der Waals surface area contributed by atoms with Crippen LogP contribution in [0.1, 0.15) is 41.4 Å². The van der Waals surface area contributed by atoms with E-state index in [0.29, 0.717) is 25.0 Å². The van der Waals surface area contributed by atoms with E-state index < -0.39 is 17.1 Å². The van der Waals surface area contributed by atoms with Gasteiger partial charge in [0.25, 0.3) is 5.91 Å². The van der Waals surface area contributed by atoms with Gasteiger partial charge in [0.2, 0.25) is 5.78 Å². The average molecular weight is 608 g/mol. The van der Waals surface area contributed by atoms with Crippen LogP contribution in [0.3, 0.4) is 0 Å². The number of ether oxygens (including phenoxy) is 1. The summed E-state index contributed by atoms with van der Waals surface area (Å²) in [7, 11) is 0. The van der Waals surface area contributed by atoms with E-state index in [-0.39, 0.29) is 41.3 Å². The molecule has 0 unspecified atom stereocenters. The van der Waals surface area contributed by atoms with Gasteiger partial charge >= 0.3 is 5.97 Å². The number of amides is 1. The van der Waals surface area contributed by atoms with Crippen LogP contribution in [0.2, 0.25) is 10.0 Å². The zero-order chi connectivity index (χ0) is 26.7. The molecule has 0 atom stereocenters. The zero-order valence-electron chi connectivity index (χ0n) is 20.3. The number of esters is 1. The quantitative estimate of drug-likeness (QED) is 0.207. The number of piperidine rings is 1. The van der Waals surface area contributed by atoms with Crippen LogP contribution < -0.4 is 0 Å². The molecule has 1 saturated heterocycles. The standard InChI is InChI=1S/C26H25BrCl2N4O4/c1-3-37-25(36)26(14-20-15-33(31-30-20)22-6-4-5-21(27)16(22)2)7-9-32(10-8-26)24(35)23(34)17-11-18(28)13-19(29)12-17/h4-6,11-13,15H,3,7-10,14H2,1-2H3. The Balaban J connectivity index is 1.51. The number of ketones is 1. The highest BCUT2D eigenvalue weighted by molar-refractivity contribution is 9.10. The first-order valence-electron chi connectivity index (χ1n) is 11.8. The van der Waals surface area contributed by atoms with Crippen LogP contribution in [0, 0.1) is 12.3 Å². The predicted molar refractivity (Wildman–Crippen MR) is 143 cm³/mol. The van der Waals surface area contributed by atoms with E-state index in [0.717, 1.165) is 15.7 Å². The van der Waals surface area contributed by atoms with E-state index in [9.17, 15) is 14.4 Å². The van der Waals surface area contributed by atoms with E-state index in [2.05, 4.69) is 26.2 Å². The van der Waals surface area contributed by atoms with Crippen molar-refractivity contribution >= 4 is 56.8 Å². The number of aromatic nitrogens is 3. The second-order valence-electron chi connectivity index (χ2n) is 9.00. The molecule has 194 valence electrons. The third-order valence-electron chi connectivity index (χ3n) is 6.58. The first kappa shape index (κ1) is 27.3. The molecule has 2 aromatic carbocycles. The van der Waals surface area contributed by atoms with E-state index in [1.54, 1.807) is 17.8 Å². The van der Waals surface area contributed by atoms with E-state index in [1.165, 1.54) is 23.1 Å². The number of hydrogen-bond donors (Lipinski definition) is 0. The monoisotopic (exact) mass is 606 g/mol. The lowest BCUT2D eigenvalue weighted by Gasteiger charge is -2.39. The van der Waals surface area contributed by atoms with Gasteiger partial charge in [-0.15, -0.1) is 5.10 Å². The number of halogens is 3. The van der Waals surface area contributed by atoms with Gasteiger partial charge < -0.3 is 9.64 Å². The summed E-state index contributed by atoms with van der Waals surface area (Å²) >= 11 is 15.5. The summed E-state index contributed by atoms with van der Waals surface area (Å²) in [6, 6.07) is 10.1. The fourth-order valence-corrected chi connectivity index (χ4v) is 5.40. The van der Waals surface area contributed by atoms with Crippen LogP contribution in [0.15, 0.2) is 47.1 Å². The number of Topliss-reactive ketones (excluding diaryl/α,β-unsaturated/α-hetero) is 1. The molecule has 0 aliphatic carbocycles. The molecular formula is C26H25BrCl2N4O4. The topological polar surface area (TPSA) is 94.4 Å².